The molecule has 0 N–H and O–H groups in total. The monoisotopic (exact) mass is 325 g/mol. The lowest BCUT2D eigenvalue weighted by Crippen LogP contribution is -2.48. The van der Waals surface area contributed by atoms with Gasteiger partial charge in [-0.1, -0.05) is 25.5 Å². The lowest BCUT2D eigenvalue weighted by Gasteiger charge is -2.36. The van der Waals surface area contributed by atoms with E-state index in [4.69, 9.17) is 4.99 Å². The molecule has 2 aliphatic rings. The maximum atomic E-state index is 9.28. The number of piperazine rings is 1. The van der Waals surface area contributed by atoms with Gasteiger partial charge >= 0.3 is 0 Å². The topological polar surface area (TPSA) is 55.0 Å². The van der Waals surface area contributed by atoms with E-state index in [2.05, 4.69) is 40.6 Å². The van der Waals surface area contributed by atoms with E-state index in [1.54, 1.807) is 0 Å². The zero-order chi connectivity index (χ0) is 17.5. The van der Waals surface area contributed by atoms with Crippen LogP contribution in [0.2, 0.25) is 0 Å². The molecule has 128 valence electrons. The number of hydrogen-bond acceptors (Lipinski definition) is 5. The summed E-state index contributed by atoms with van der Waals surface area (Å²) in [5.41, 5.74) is 2.90. The van der Waals surface area contributed by atoms with Crippen LogP contribution in [-0.4, -0.2) is 54.6 Å². The summed E-state index contributed by atoms with van der Waals surface area (Å²) in [6.45, 7) is 13.3. The third kappa shape index (κ3) is 3.94. The molecule has 2 rings (SSSR count). The highest BCUT2D eigenvalue weighted by Gasteiger charge is 2.31. The fourth-order valence-electron chi connectivity index (χ4n) is 3.20. The van der Waals surface area contributed by atoms with Gasteiger partial charge in [-0.25, -0.2) is 0 Å². The van der Waals surface area contributed by atoms with Crippen molar-refractivity contribution in [3.63, 3.8) is 0 Å². The van der Waals surface area contributed by atoms with Gasteiger partial charge in [0.2, 0.25) is 0 Å². The summed E-state index contributed by atoms with van der Waals surface area (Å²) in [4.78, 5) is 13.6. The van der Waals surface area contributed by atoms with Crippen molar-refractivity contribution in [2.75, 3.05) is 26.2 Å². The summed E-state index contributed by atoms with van der Waals surface area (Å²) >= 11 is 0. The number of amidine groups is 1. The predicted octanol–water partition coefficient (Wildman–Crippen LogP) is 3.14. The van der Waals surface area contributed by atoms with Gasteiger partial charge in [0.1, 0.15) is 11.9 Å². The number of hydrogen-bond donors (Lipinski definition) is 0. The van der Waals surface area contributed by atoms with E-state index in [1.165, 1.54) is 0 Å². The third-order valence-corrected chi connectivity index (χ3v) is 4.50. The van der Waals surface area contributed by atoms with E-state index in [-0.39, 0.29) is 6.04 Å². The Labute approximate surface area is 145 Å². The minimum atomic E-state index is 0.0989. The van der Waals surface area contributed by atoms with Gasteiger partial charge in [0.25, 0.3) is 0 Å². The maximum absolute atomic E-state index is 9.28. The molecule has 0 amide bonds. The fourth-order valence-corrected chi connectivity index (χ4v) is 3.20. The number of nitriles is 1. The largest absolute Gasteiger partial charge is 0.363 e. The molecule has 0 saturated carbocycles. The molecular formula is C19H27N5. The van der Waals surface area contributed by atoms with E-state index in [0.717, 1.165) is 61.8 Å². The molecule has 0 aromatic rings. The first-order valence-corrected chi connectivity index (χ1v) is 8.63. The van der Waals surface area contributed by atoms with Gasteiger partial charge in [-0.3, -0.25) is 9.98 Å². The first-order valence-electron chi connectivity index (χ1n) is 8.63. The summed E-state index contributed by atoms with van der Waals surface area (Å²) in [6, 6.07) is 2.42. The quantitative estimate of drug-likeness (QED) is 0.428. The van der Waals surface area contributed by atoms with E-state index < -0.39 is 0 Å². The van der Waals surface area contributed by atoms with Crippen molar-refractivity contribution in [3.8, 4) is 6.07 Å². The first kappa shape index (κ1) is 18.0. The smallest absolute Gasteiger partial charge is 0.120 e. The Kier molecular flexibility index (Phi) is 6.36. The Bertz CT molecular complexity index is 633. The van der Waals surface area contributed by atoms with Crippen LogP contribution in [0, 0.1) is 11.3 Å². The molecule has 5 nitrogen and oxygen atoms in total. The van der Waals surface area contributed by atoms with Crippen LogP contribution in [0.4, 0.5) is 0 Å². The molecule has 0 radical (unpaired) electrons. The molecule has 0 aromatic heterocycles. The molecule has 2 heterocycles. The molecule has 24 heavy (non-hydrogen) atoms. The molecule has 5 heteroatoms. The van der Waals surface area contributed by atoms with Crippen LogP contribution in [-0.2, 0) is 0 Å². The average Bonchev–Trinajstić information content (AvgIpc) is 3.02. The van der Waals surface area contributed by atoms with Gasteiger partial charge in [0.05, 0.1) is 18.3 Å². The summed E-state index contributed by atoms with van der Waals surface area (Å²) < 4.78 is 0. The molecule has 1 atom stereocenters. The van der Waals surface area contributed by atoms with E-state index >= 15 is 0 Å². The Morgan fingerprint density at radius 2 is 2.21 bits per heavy atom. The normalized spacial score (nSPS) is 22.2. The van der Waals surface area contributed by atoms with Crippen LogP contribution in [0.15, 0.2) is 45.2 Å². The number of allylic oxidation sites excluding steroid dienone is 4. The van der Waals surface area contributed by atoms with Crippen molar-refractivity contribution in [1.29, 1.82) is 5.26 Å². The fraction of sp³-hybridized carbons (Fsp3) is 0.526. The van der Waals surface area contributed by atoms with Gasteiger partial charge in [-0.2, -0.15) is 5.26 Å². The van der Waals surface area contributed by atoms with Crippen LogP contribution in [0.25, 0.3) is 0 Å². The highest BCUT2D eigenvalue weighted by molar-refractivity contribution is 5.87. The Balaban J connectivity index is 2.14. The number of fused-ring (bicyclic) bond motifs is 1. The molecule has 0 aromatic carbocycles. The zero-order valence-electron chi connectivity index (χ0n) is 15.0. The minimum Gasteiger partial charge on any atom is -0.363 e. The summed E-state index contributed by atoms with van der Waals surface area (Å²) in [7, 11) is 0. The molecule has 2 aliphatic heterocycles. The van der Waals surface area contributed by atoms with Crippen molar-refractivity contribution < 1.29 is 0 Å². The zero-order valence-corrected chi connectivity index (χ0v) is 15.0. The molecular weight excluding hydrogens is 298 g/mol. The first-order chi connectivity index (χ1) is 11.7. The minimum absolute atomic E-state index is 0.0989. The number of rotatable bonds is 6. The van der Waals surface area contributed by atoms with Gasteiger partial charge in [-0.15, -0.1) is 0 Å². The van der Waals surface area contributed by atoms with Crippen molar-refractivity contribution in [3.05, 3.63) is 35.2 Å². The Hall–Kier alpha value is -2.35. The third-order valence-electron chi connectivity index (χ3n) is 4.50. The van der Waals surface area contributed by atoms with Crippen molar-refractivity contribution in [1.82, 2.24) is 9.80 Å². The standard InChI is InChI=1S/C19H27N5/c1-5-8-15(12-20)11-16(6-2)23-9-10-24-13-18(17(7-3)21-4)22-19(24)14-23/h6-7,11,18H,4-5,8-10,13-14H2,1-3H3/b15-11+,16-6+,17-7-. The molecule has 0 aliphatic carbocycles. The van der Waals surface area contributed by atoms with E-state index in [1.807, 2.05) is 26.0 Å². The number of aliphatic imine (C=N–C) groups is 2. The van der Waals surface area contributed by atoms with E-state index in [0.29, 0.717) is 0 Å². The molecule has 1 unspecified atom stereocenters. The molecule has 1 fully saturated rings. The van der Waals surface area contributed by atoms with Crippen molar-refractivity contribution >= 4 is 12.6 Å². The lowest BCUT2D eigenvalue weighted by molar-refractivity contribution is 0.287. The lowest BCUT2D eigenvalue weighted by atomic mass is 10.1. The van der Waals surface area contributed by atoms with Crippen molar-refractivity contribution in [2.45, 2.75) is 39.7 Å². The van der Waals surface area contributed by atoms with Gasteiger partial charge in [0, 0.05) is 30.9 Å². The second kappa shape index (κ2) is 8.49. The van der Waals surface area contributed by atoms with Crippen molar-refractivity contribution in [2.24, 2.45) is 9.98 Å². The van der Waals surface area contributed by atoms with Gasteiger partial charge < -0.3 is 9.80 Å². The van der Waals surface area contributed by atoms with Gasteiger partial charge in [0.15, 0.2) is 0 Å². The molecule has 0 bridgehead atoms. The highest BCUT2D eigenvalue weighted by Crippen LogP contribution is 2.23. The maximum Gasteiger partial charge on any atom is 0.120 e. The summed E-state index contributed by atoms with van der Waals surface area (Å²) in [5, 5.41) is 9.28. The molecule has 1 saturated heterocycles. The SMILES string of the molecule is C=N/C(=C\C)C1CN2CCN(C(/C=C(/C#N)CCC)=C/C)CC2=N1. The predicted molar refractivity (Wildman–Crippen MR) is 100 cm³/mol. The highest BCUT2D eigenvalue weighted by atomic mass is 15.3. The average molecular weight is 325 g/mol. The Morgan fingerprint density at radius 1 is 1.42 bits per heavy atom. The second-order valence-electron chi connectivity index (χ2n) is 6.05. The van der Waals surface area contributed by atoms with E-state index in [9.17, 15) is 5.26 Å². The molecule has 0 spiro atoms. The van der Waals surface area contributed by atoms with Crippen LogP contribution < -0.4 is 0 Å². The summed E-state index contributed by atoms with van der Waals surface area (Å²) in [5.74, 6) is 1.11. The van der Waals surface area contributed by atoms with Crippen LogP contribution >= 0.6 is 0 Å². The second-order valence-corrected chi connectivity index (χ2v) is 6.05. The van der Waals surface area contributed by atoms with Crippen LogP contribution in [0.5, 0.6) is 0 Å². The van der Waals surface area contributed by atoms with Crippen LogP contribution in [0.3, 0.4) is 0 Å². The van der Waals surface area contributed by atoms with Gasteiger partial charge in [-0.05, 0) is 33.1 Å². The van der Waals surface area contributed by atoms with Crippen LogP contribution in [0.1, 0.15) is 33.6 Å². The Morgan fingerprint density at radius 3 is 2.79 bits per heavy atom. The number of nitrogens with zero attached hydrogens (tertiary/aromatic N) is 5. The summed E-state index contributed by atoms with van der Waals surface area (Å²) in [6.07, 6.45) is 7.90.